The van der Waals surface area contributed by atoms with Crippen molar-refractivity contribution in [3.8, 4) is 0 Å². The number of aromatic carboxylic acids is 1. The van der Waals surface area contributed by atoms with Gasteiger partial charge < -0.3 is 10.4 Å². The first-order valence-electron chi connectivity index (χ1n) is 5.20. The predicted molar refractivity (Wildman–Crippen MR) is 73.5 cm³/mol. The van der Waals surface area contributed by atoms with Crippen LogP contribution in [-0.2, 0) is 0 Å². The molecule has 104 valence electrons. The molecule has 1 aromatic heterocycles. The topological polar surface area (TPSA) is 62.2 Å². The summed E-state index contributed by atoms with van der Waals surface area (Å²) in [5, 5.41) is 11.5. The van der Waals surface area contributed by atoms with E-state index in [9.17, 15) is 13.6 Å². The molecule has 2 aromatic rings. The summed E-state index contributed by atoms with van der Waals surface area (Å²) in [6, 6.07) is 4.33. The van der Waals surface area contributed by atoms with E-state index in [0.29, 0.717) is 6.07 Å². The fourth-order valence-corrected chi connectivity index (χ4v) is 1.94. The van der Waals surface area contributed by atoms with Crippen LogP contribution in [0.15, 0.2) is 28.7 Å². The number of hydrogen-bond acceptors (Lipinski definition) is 3. The number of nitrogens with one attached hydrogen (secondary N) is 1. The zero-order valence-corrected chi connectivity index (χ0v) is 12.0. The Morgan fingerprint density at radius 2 is 2.00 bits per heavy atom. The maximum atomic E-state index is 13.6. The number of pyridine rings is 1. The molecule has 20 heavy (non-hydrogen) atoms. The van der Waals surface area contributed by atoms with Gasteiger partial charge in [-0.3, -0.25) is 0 Å². The number of benzene rings is 1. The molecule has 2 N–H and O–H groups in total. The summed E-state index contributed by atoms with van der Waals surface area (Å²) < 4.78 is 26.8. The van der Waals surface area contributed by atoms with E-state index in [1.54, 1.807) is 0 Å². The van der Waals surface area contributed by atoms with Crippen molar-refractivity contribution in [1.82, 2.24) is 4.98 Å². The van der Waals surface area contributed by atoms with Gasteiger partial charge in [-0.2, -0.15) is 0 Å². The van der Waals surface area contributed by atoms with E-state index in [0.717, 1.165) is 6.07 Å². The van der Waals surface area contributed by atoms with Gasteiger partial charge in [0.1, 0.15) is 28.2 Å². The van der Waals surface area contributed by atoms with Crippen molar-refractivity contribution in [3.05, 3.63) is 51.1 Å². The molecule has 0 radical (unpaired) electrons. The van der Waals surface area contributed by atoms with E-state index >= 15 is 0 Å². The minimum Gasteiger partial charge on any atom is -0.478 e. The van der Waals surface area contributed by atoms with E-state index in [1.165, 1.54) is 12.1 Å². The Morgan fingerprint density at radius 3 is 2.65 bits per heavy atom. The van der Waals surface area contributed by atoms with Gasteiger partial charge in [-0.25, -0.2) is 18.6 Å². The summed E-state index contributed by atoms with van der Waals surface area (Å²) in [4.78, 5) is 14.8. The van der Waals surface area contributed by atoms with Crippen molar-refractivity contribution in [2.24, 2.45) is 0 Å². The second kappa shape index (κ2) is 5.72. The van der Waals surface area contributed by atoms with Crippen LogP contribution in [0.1, 0.15) is 10.4 Å². The summed E-state index contributed by atoms with van der Waals surface area (Å²) in [6.07, 6.45) is 0. The van der Waals surface area contributed by atoms with E-state index in [4.69, 9.17) is 16.7 Å². The second-order valence-corrected chi connectivity index (χ2v) is 4.95. The Morgan fingerprint density at radius 1 is 1.30 bits per heavy atom. The zero-order chi connectivity index (χ0) is 14.9. The Hall–Kier alpha value is -1.73. The van der Waals surface area contributed by atoms with Crippen molar-refractivity contribution in [1.29, 1.82) is 0 Å². The molecule has 0 aliphatic rings. The Balaban J connectivity index is 2.47. The highest BCUT2D eigenvalue weighted by Crippen LogP contribution is 2.27. The van der Waals surface area contributed by atoms with E-state index in [1.807, 2.05) is 0 Å². The first-order valence-corrected chi connectivity index (χ1v) is 6.37. The van der Waals surface area contributed by atoms with Gasteiger partial charge in [0.05, 0.1) is 10.2 Å². The number of anilines is 2. The Kier molecular flexibility index (Phi) is 4.20. The Bertz CT molecular complexity index is 697. The van der Waals surface area contributed by atoms with Crippen LogP contribution in [0.5, 0.6) is 0 Å². The fraction of sp³-hybridized carbons (Fsp3) is 0. The van der Waals surface area contributed by atoms with Crippen molar-refractivity contribution in [2.75, 3.05) is 5.32 Å². The van der Waals surface area contributed by atoms with Crippen LogP contribution in [0.3, 0.4) is 0 Å². The molecule has 1 aromatic carbocycles. The minimum absolute atomic E-state index is 0.0281. The van der Waals surface area contributed by atoms with Crippen LogP contribution in [-0.4, -0.2) is 16.1 Å². The highest BCUT2D eigenvalue weighted by molar-refractivity contribution is 9.10. The van der Waals surface area contributed by atoms with Crippen molar-refractivity contribution >= 4 is 45.0 Å². The van der Waals surface area contributed by atoms with E-state index < -0.39 is 17.6 Å². The summed E-state index contributed by atoms with van der Waals surface area (Å²) in [5.41, 5.74) is -0.315. The average molecular weight is 364 g/mol. The molecule has 1 heterocycles. The number of nitrogens with zero attached hydrogens (tertiary/aromatic N) is 1. The maximum absolute atomic E-state index is 13.6. The number of carboxylic acids is 1. The van der Waals surface area contributed by atoms with Gasteiger partial charge in [0.25, 0.3) is 0 Å². The lowest BCUT2D eigenvalue weighted by atomic mass is 10.2. The third-order valence-corrected chi connectivity index (χ3v) is 3.17. The zero-order valence-electron chi connectivity index (χ0n) is 9.62. The first kappa shape index (κ1) is 14.7. The number of carbonyl (C=O) groups is 1. The van der Waals surface area contributed by atoms with Gasteiger partial charge in [0, 0.05) is 6.07 Å². The van der Waals surface area contributed by atoms with E-state index in [-0.39, 0.29) is 26.7 Å². The molecular weight excluding hydrogens is 357 g/mol. The van der Waals surface area contributed by atoms with Crippen molar-refractivity contribution in [3.63, 3.8) is 0 Å². The largest absolute Gasteiger partial charge is 0.478 e. The number of rotatable bonds is 3. The maximum Gasteiger partial charge on any atom is 0.339 e. The summed E-state index contributed by atoms with van der Waals surface area (Å²) in [6.45, 7) is 0. The van der Waals surface area contributed by atoms with Gasteiger partial charge >= 0.3 is 5.97 Å². The summed E-state index contributed by atoms with van der Waals surface area (Å²) >= 11 is 8.59. The van der Waals surface area contributed by atoms with Crippen LogP contribution < -0.4 is 5.32 Å². The smallest absolute Gasteiger partial charge is 0.339 e. The van der Waals surface area contributed by atoms with Crippen molar-refractivity contribution < 1.29 is 18.7 Å². The fourth-order valence-electron chi connectivity index (χ4n) is 1.45. The van der Waals surface area contributed by atoms with Crippen LogP contribution in [0.4, 0.5) is 20.3 Å². The van der Waals surface area contributed by atoms with Crippen molar-refractivity contribution in [2.45, 2.75) is 0 Å². The lowest BCUT2D eigenvalue weighted by Gasteiger charge is -2.10. The number of hydrogen-bond donors (Lipinski definition) is 2. The molecule has 0 atom stereocenters. The lowest BCUT2D eigenvalue weighted by molar-refractivity contribution is 0.0697. The molecule has 4 nitrogen and oxygen atoms in total. The van der Waals surface area contributed by atoms with Crippen LogP contribution in [0.2, 0.25) is 5.15 Å². The van der Waals surface area contributed by atoms with Gasteiger partial charge in [0.2, 0.25) is 0 Å². The van der Waals surface area contributed by atoms with Crippen LogP contribution >= 0.6 is 27.5 Å². The highest BCUT2D eigenvalue weighted by Gasteiger charge is 2.15. The normalized spacial score (nSPS) is 10.4. The monoisotopic (exact) mass is 362 g/mol. The van der Waals surface area contributed by atoms with Gasteiger partial charge in [-0.15, -0.1) is 0 Å². The summed E-state index contributed by atoms with van der Waals surface area (Å²) in [5.74, 6) is -3.05. The molecule has 0 bridgehead atoms. The molecule has 8 heteroatoms. The lowest BCUT2D eigenvalue weighted by Crippen LogP contribution is -2.06. The average Bonchev–Trinajstić information content (AvgIpc) is 2.35. The molecule has 0 saturated carbocycles. The number of halogens is 4. The molecule has 0 saturated heterocycles. The second-order valence-electron chi connectivity index (χ2n) is 3.71. The SMILES string of the molecule is O=C(O)c1ccc(Cl)nc1Nc1cc(Br)c(F)cc1F. The molecule has 0 spiro atoms. The highest BCUT2D eigenvalue weighted by atomic mass is 79.9. The molecule has 0 aliphatic carbocycles. The predicted octanol–water partition coefficient (Wildman–Crippen LogP) is 4.22. The molecule has 0 unspecified atom stereocenters. The molecular formula is C12H6BrClF2N2O2. The van der Waals surface area contributed by atoms with Gasteiger partial charge in [-0.05, 0) is 34.1 Å². The van der Waals surface area contributed by atoms with Crippen LogP contribution in [0, 0.1) is 11.6 Å². The quantitative estimate of drug-likeness (QED) is 0.633. The first-order chi connectivity index (χ1) is 9.38. The molecule has 0 aliphatic heterocycles. The Labute approximate surface area is 125 Å². The number of aromatic nitrogens is 1. The standard InChI is InChI=1S/C12H6BrClF2N2O2/c13-6-3-9(8(16)4-7(6)15)17-11-5(12(19)20)1-2-10(14)18-11/h1-4H,(H,17,18)(H,19,20). The molecule has 0 fully saturated rings. The van der Waals surface area contributed by atoms with Crippen LogP contribution in [0.25, 0.3) is 0 Å². The van der Waals surface area contributed by atoms with Gasteiger partial charge in [0.15, 0.2) is 0 Å². The summed E-state index contributed by atoms with van der Waals surface area (Å²) in [7, 11) is 0. The number of carboxylic acid groups (broad SMARTS) is 1. The molecule has 2 rings (SSSR count). The molecule has 0 amide bonds. The van der Waals surface area contributed by atoms with Gasteiger partial charge in [-0.1, -0.05) is 11.6 Å². The third-order valence-electron chi connectivity index (χ3n) is 2.35. The van der Waals surface area contributed by atoms with E-state index in [2.05, 4.69) is 26.2 Å². The minimum atomic E-state index is -1.25. The third kappa shape index (κ3) is 3.05.